The minimum Gasteiger partial charge on any atom is -0.253 e. The molecule has 0 amide bonds. The van der Waals surface area contributed by atoms with Gasteiger partial charge in [-0.2, -0.15) is 9.94 Å². The third-order valence-corrected chi connectivity index (χ3v) is 4.70. The summed E-state index contributed by atoms with van der Waals surface area (Å²) in [5.41, 5.74) is 4.75. The van der Waals surface area contributed by atoms with E-state index in [4.69, 9.17) is 15.3 Å². The summed E-state index contributed by atoms with van der Waals surface area (Å²) in [6.07, 6.45) is 3.34. The Kier molecular flexibility index (Phi) is 4.23. The molecule has 2 aromatic carbocycles. The second-order valence-electron chi connectivity index (χ2n) is 6.76. The number of aryl methyl sites for hydroxylation is 1. The summed E-state index contributed by atoms with van der Waals surface area (Å²) in [4.78, 5) is 18.2. The molecule has 0 fully saturated rings. The number of pyridine rings is 1. The second kappa shape index (κ2) is 7.18. The molecule has 0 N–H and O–H groups in total. The van der Waals surface area contributed by atoms with Gasteiger partial charge in [0.15, 0.2) is 17.5 Å². The van der Waals surface area contributed by atoms with E-state index in [9.17, 15) is 0 Å². The summed E-state index contributed by atoms with van der Waals surface area (Å²) in [6.45, 7) is 1.94. The maximum absolute atomic E-state index is 9.05. The van der Waals surface area contributed by atoms with Crippen LogP contribution >= 0.6 is 0 Å². The summed E-state index contributed by atoms with van der Waals surface area (Å²) >= 11 is 0. The largest absolute Gasteiger partial charge is 0.253 e. The number of aromatic nitrogens is 6. The Hall–Kier alpha value is -4.44. The summed E-state index contributed by atoms with van der Waals surface area (Å²) in [5.74, 6) is 1.88. The summed E-state index contributed by atoms with van der Waals surface area (Å²) in [5, 5.41) is 13.8. The van der Waals surface area contributed by atoms with Gasteiger partial charge in [0.1, 0.15) is 0 Å². The Morgan fingerprint density at radius 3 is 2.37 bits per heavy atom. The predicted molar refractivity (Wildman–Crippen MR) is 113 cm³/mol. The van der Waals surface area contributed by atoms with E-state index in [0.717, 1.165) is 27.9 Å². The van der Waals surface area contributed by atoms with Gasteiger partial charge in [-0.25, -0.2) is 9.97 Å². The Morgan fingerprint density at radius 1 is 0.833 bits per heavy atom. The van der Waals surface area contributed by atoms with Crippen molar-refractivity contribution in [3.8, 4) is 34.7 Å². The van der Waals surface area contributed by atoms with Crippen LogP contribution in [0.1, 0.15) is 11.3 Å². The van der Waals surface area contributed by atoms with Crippen molar-refractivity contribution in [3.05, 3.63) is 84.3 Å². The second-order valence-corrected chi connectivity index (χ2v) is 6.76. The molecule has 0 bridgehead atoms. The van der Waals surface area contributed by atoms with E-state index in [-0.39, 0.29) is 0 Å². The van der Waals surface area contributed by atoms with Crippen LogP contribution in [0, 0.1) is 18.3 Å². The van der Waals surface area contributed by atoms with E-state index < -0.39 is 0 Å². The molecule has 7 heteroatoms. The Morgan fingerprint density at radius 2 is 1.60 bits per heavy atom. The van der Waals surface area contributed by atoms with Crippen LogP contribution in [-0.2, 0) is 0 Å². The van der Waals surface area contributed by atoms with Gasteiger partial charge < -0.3 is 0 Å². The molecule has 5 rings (SSSR count). The molecule has 0 aliphatic carbocycles. The summed E-state index contributed by atoms with van der Waals surface area (Å²) in [7, 11) is 0. The molecule has 0 aliphatic heterocycles. The molecular weight excluding hydrogens is 374 g/mol. The van der Waals surface area contributed by atoms with Crippen molar-refractivity contribution in [1.29, 1.82) is 5.26 Å². The highest BCUT2D eigenvalue weighted by atomic mass is 15.4. The van der Waals surface area contributed by atoms with Gasteiger partial charge in [0.25, 0.3) is 0 Å². The standard InChI is InChI=1S/C23H15N7/c1-15-3-2-4-21(27-15)30-23(18-9-10-19-20(13-18)26-12-11-25-19)28-22(29-30)17-7-5-16(14-24)6-8-17/h2-13H,1H3. The van der Waals surface area contributed by atoms with E-state index in [1.165, 1.54) is 0 Å². The SMILES string of the molecule is Cc1cccc(-n2nc(-c3ccc(C#N)cc3)nc2-c2ccc3nccnc3c2)n1. The minimum absolute atomic E-state index is 0.553. The molecule has 0 spiro atoms. The van der Waals surface area contributed by atoms with Crippen molar-refractivity contribution in [3.63, 3.8) is 0 Å². The quantitative estimate of drug-likeness (QED) is 0.461. The zero-order valence-corrected chi connectivity index (χ0v) is 16.1. The lowest BCUT2D eigenvalue weighted by atomic mass is 10.1. The normalized spacial score (nSPS) is 10.8. The number of hydrogen-bond acceptors (Lipinski definition) is 6. The van der Waals surface area contributed by atoms with Crippen LogP contribution in [0.3, 0.4) is 0 Å². The monoisotopic (exact) mass is 389 g/mol. The van der Waals surface area contributed by atoms with Gasteiger partial charge in [0.05, 0.1) is 22.7 Å². The van der Waals surface area contributed by atoms with E-state index in [1.807, 2.05) is 55.5 Å². The molecule has 0 atom stereocenters. The van der Waals surface area contributed by atoms with E-state index in [1.54, 1.807) is 29.2 Å². The van der Waals surface area contributed by atoms with Crippen molar-refractivity contribution in [2.45, 2.75) is 6.92 Å². The highest BCUT2D eigenvalue weighted by molar-refractivity contribution is 5.80. The number of hydrogen-bond donors (Lipinski definition) is 0. The molecule has 0 saturated heterocycles. The molecule has 3 aromatic heterocycles. The maximum atomic E-state index is 9.05. The van der Waals surface area contributed by atoms with Gasteiger partial charge in [-0.1, -0.05) is 6.07 Å². The predicted octanol–water partition coefficient (Wildman–Crippen LogP) is 4.12. The van der Waals surface area contributed by atoms with Crippen LogP contribution in [0.5, 0.6) is 0 Å². The van der Waals surface area contributed by atoms with Crippen LogP contribution in [0.2, 0.25) is 0 Å². The lowest BCUT2D eigenvalue weighted by molar-refractivity contribution is 0.850. The minimum atomic E-state index is 0.553. The Bertz CT molecular complexity index is 1410. The van der Waals surface area contributed by atoms with E-state index >= 15 is 0 Å². The first kappa shape index (κ1) is 17.6. The topological polar surface area (TPSA) is 93.2 Å². The molecule has 30 heavy (non-hydrogen) atoms. The smallest absolute Gasteiger partial charge is 0.182 e. The van der Waals surface area contributed by atoms with Crippen molar-refractivity contribution in [2.75, 3.05) is 0 Å². The lowest BCUT2D eigenvalue weighted by Gasteiger charge is -2.06. The molecule has 142 valence electrons. The lowest BCUT2D eigenvalue weighted by Crippen LogP contribution is -2.03. The molecule has 3 heterocycles. The third kappa shape index (κ3) is 3.16. The van der Waals surface area contributed by atoms with Gasteiger partial charge in [-0.05, 0) is 61.5 Å². The zero-order chi connectivity index (χ0) is 20.5. The fourth-order valence-corrected chi connectivity index (χ4v) is 3.22. The number of fused-ring (bicyclic) bond motifs is 1. The summed E-state index contributed by atoms with van der Waals surface area (Å²) in [6, 6.07) is 20.9. The Balaban J connectivity index is 1.71. The molecule has 0 unspecified atom stereocenters. The van der Waals surface area contributed by atoms with E-state index in [0.29, 0.717) is 23.0 Å². The van der Waals surface area contributed by atoms with Crippen molar-refractivity contribution in [1.82, 2.24) is 29.7 Å². The fourth-order valence-electron chi connectivity index (χ4n) is 3.22. The molecule has 7 nitrogen and oxygen atoms in total. The van der Waals surface area contributed by atoms with Crippen LogP contribution in [-0.4, -0.2) is 29.7 Å². The van der Waals surface area contributed by atoms with Crippen molar-refractivity contribution >= 4 is 11.0 Å². The van der Waals surface area contributed by atoms with Gasteiger partial charge in [-0.15, -0.1) is 5.10 Å². The van der Waals surface area contributed by atoms with Crippen molar-refractivity contribution in [2.24, 2.45) is 0 Å². The fraction of sp³-hybridized carbons (Fsp3) is 0.0435. The van der Waals surface area contributed by atoms with Crippen molar-refractivity contribution < 1.29 is 0 Å². The molecule has 0 radical (unpaired) electrons. The van der Waals surface area contributed by atoms with Crippen LogP contribution < -0.4 is 0 Å². The average molecular weight is 389 g/mol. The molecule has 0 aliphatic rings. The van der Waals surface area contributed by atoms with E-state index in [2.05, 4.69) is 21.0 Å². The number of nitriles is 1. The highest BCUT2D eigenvalue weighted by Gasteiger charge is 2.16. The van der Waals surface area contributed by atoms with Crippen LogP contribution in [0.25, 0.3) is 39.6 Å². The first-order chi connectivity index (χ1) is 14.7. The number of benzene rings is 2. The highest BCUT2D eigenvalue weighted by Crippen LogP contribution is 2.26. The first-order valence-corrected chi connectivity index (χ1v) is 9.34. The van der Waals surface area contributed by atoms with Gasteiger partial charge >= 0.3 is 0 Å². The van der Waals surface area contributed by atoms with Gasteiger partial charge in [0.2, 0.25) is 0 Å². The average Bonchev–Trinajstić information content (AvgIpc) is 3.24. The number of rotatable bonds is 3. The van der Waals surface area contributed by atoms with Crippen LogP contribution in [0.4, 0.5) is 0 Å². The van der Waals surface area contributed by atoms with Crippen LogP contribution in [0.15, 0.2) is 73.1 Å². The van der Waals surface area contributed by atoms with Gasteiger partial charge in [-0.3, -0.25) is 9.97 Å². The number of nitrogens with zero attached hydrogens (tertiary/aromatic N) is 7. The molecular formula is C23H15N7. The third-order valence-electron chi connectivity index (χ3n) is 4.70. The first-order valence-electron chi connectivity index (χ1n) is 9.34. The summed E-state index contributed by atoms with van der Waals surface area (Å²) < 4.78 is 1.73. The maximum Gasteiger partial charge on any atom is 0.182 e. The zero-order valence-electron chi connectivity index (χ0n) is 16.1. The van der Waals surface area contributed by atoms with Gasteiger partial charge in [0, 0.05) is 29.2 Å². The molecule has 5 aromatic rings. The molecule has 0 saturated carbocycles. The Labute approximate surface area is 172 Å².